The highest BCUT2D eigenvalue weighted by Crippen LogP contribution is 2.26. The Morgan fingerprint density at radius 3 is 2.65 bits per heavy atom. The molecule has 7 heteroatoms. The SMILES string of the molecule is CCOc1ccc(S(=O)(=O)NCC(C)(O)c2cccs2)cc1C. The van der Waals surface area contributed by atoms with Crippen LogP contribution in [0.15, 0.2) is 40.6 Å². The normalized spacial score (nSPS) is 14.4. The zero-order valence-electron chi connectivity index (χ0n) is 13.4. The maximum atomic E-state index is 12.4. The molecule has 0 aliphatic carbocycles. The molecule has 126 valence electrons. The maximum absolute atomic E-state index is 12.4. The second kappa shape index (κ2) is 7.00. The lowest BCUT2D eigenvalue weighted by atomic mass is 10.1. The molecule has 2 aromatic rings. The second-order valence-electron chi connectivity index (χ2n) is 5.44. The Morgan fingerprint density at radius 2 is 2.09 bits per heavy atom. The minimum atomic E-state index is -3.70. The summed E-state index contributed by atoms with van der Waals surface area (Å²) >= 11 is 1.38. The standard InChI is InChI=1S/C16H21NO4S2/c1-4-21-14-8-7-13(10-12(14)2)23(19,20)17-11-16(3,18)15-6-5-9-22-15/h5-10,17-18H,4,11H2,1-3H3. The van der Waals surface area contributed by atoms with Crippen molar-refractivity contribution in [2.45, 2.75) is 31.3 Å². The number of ether oxygens (including phenoxy) is 1. The topological polar surface area (TPSA) is 75.6 Å². The predicted octanol–water partition coefficient (Wildman–Crippen LogP) is 2.64. The minimum absolute atomic E-state index is 0.0951. The summed E-state index contributed by atoms with van der Waals surface area (Å²) in [5, 5.41) is 12.3. The minimum Gasteiger partial charge on any atom is -0.494 e. The summed E-state index contributed by atoms with van der Waals surface area (Å²) in [6.07, 6.45) is 0. The van der Waals surface area contributed by atoms with Crippen LogP contribution in [0.4, 0.5) is 0 Å². The fourth-order valence-electron chi connectivity index (χ4n) is 2.10. The Labute approximate surface area is 141 Å². The fraction of sp³-hybridized carbons (Fsp3) is 0.375. The Bertz CT molecular complexity index is 752. The highest BCUT2D eigenvalue weighted by Gasteiger charge is 2.27. The third kappa shape index (κ3) is 4.32. The van der Waals surface area contributed by atoms with Crippen LogP contribution in [0.25, 0.3) is 0 Å². The van der Waals surface area contributed by atoms with Crippen LogP contribution in [0.2, 0.25) is 0 Å². The van der Waals surface area contributed by atoms with Crippen LogP contribution < -0.4 is 9.46 Å². The van der Waals surface area contributed by atoms with Crippen LogP contribution in [-0.4, -0.2) is 26.7 Å². The molecule has 0 radical (unpaired) electrons. The Kier molecular flexibility index (Phi) is 5.46. The fourth-order valence-corrected chi connectivity index (χ4v) is 4.10. The van der Waals surface area contributed by atoms with Gasteiger partial charge in [0.2, 0.25) is 10.0 Å². The van der Waals surface area contributed by atoms with E-state index < -0.39 is 15.6 Å². The third-order valence-corrected chi connectivity index (χ3v) is 5.94. The number of hydrogen-bond donors (Lipinski definition) is 2. The molecule has 1 aromatic carbocycles. The third-order valence-electron chi connectivity index (χ3n) is 3.41. The second-order valence-corrected chi connectivity index (χ2v) is 8.15. The summed E-state index contributed by atoms with van der Waals surface area (Å²) in [5.74, 6) is 0.664. The van der Waals surface area contributed by atoms with Crippen LogP contribution in [0.3, 0.4) is 0 Å². The van der Waals surface area contributed by atoms with Crippen LogP contribution >= 0.6 is 11.3 Å². The molecule has 0 saturated heterocycles. The lowest BCUT2D eigenvalue weighted by molar-refractivity contribution is 0.0666. The van der Waals surface area contributed by atoms with E-state index in [9.17, 15) is 13.5 Å². The first kappa shape index (κ1) is 17.9. The molecule has 2 N–H and O–H groups in total. The molecule has 1 unspecified atom stereocenters. The van der Waals surface area contributed by atoms with Gasteiger partial charge in [0.05, 0.1) is 11.5 Å². The molecule has 2 rings (SSSR count). The van der Waals surface area contributed by atoms with E-state index in [-0.39, 0.29) is 11.4 Å². The first-order valence-corrected chi connectivity index (χ1v) is 9.62. The van der Waals surface area contributed by atoms with Gasteiger partial charge in [-0.2, -0.15) is 0 Å². The number of nitrogens with one attached hydrogen (secondary N) is 1. The molecule has 23 heavy (non-hydrogen) atoms. The summed E-state index contributed by atoms with van der Waals surface area (Å²) in [4.78, 5) is 0.864. The number of rotatable bonds is 7. The molecule has 0 bridgehead atoms. The van der Waals surface area contributed by atoms with Gasteiger partial charge < -0.3 is 9.84 Å². The van der Waals surface area contributed by atoms with Crippen molar-refractivity contribution >= 4 is 21.4 Å². The van der Waals surface area contributed by atoms with Crippen LogP contribution in [-0.2, 0) is 15.6 Å². The van der Waals surface area contributed by atoms with E-state index in [1.165, 1.54) is 17.4 Å². The number of thiophene rings is 1. The van der Waals surface area contributed by atoms with E-state index in [1.54, 1.807) is 32.0 Å². The smallest absolute Gasteiger partial charge is 0.240 e. The molecule has 1 aromatic heterocycles. The van der Waals surface area contributed by atoms with Gasteiger partial charge in [0.25, 0.3) is 0 Å². The molecule has 0 fully saturated rings. The Hall–Kier alpha value is -1.41. The van der Waals surface area contributed by atoms with E-state index in [2.05, 4.69) is 4.72 Å². The van der Waals surface area contributed by atoms with E-state index in [0.29, 0.717) is 17.2 Å². The molecule has 0 spiro atoms. The molecule has 0 aliphatic rings. The molecular weight excluding hydrogens is 334 g/mol. The number of aliphatic hydroxyl groups is 1. The molecule has 1 atom stereocenters. The van der Waals surface area contributed by atoms with Crippen molar-refractivity contribution in [3.8, 4) is 5.75 Å². The number of hydrogen-bond acceptors (Lipinski definition) is 5. The van der Waals surface area contributed by atoms with Gasteiger partial charge in [-0.3, -0.25) is 0 Å². The van der Waals surface area contributed by atoms with Crippen molar-refractivity contribution in [1.82, 2.24) is 4.72 Å². The van der Waals surface area contributed by atoms with Gasteiger partial charge in [0.1, 0.15) is 11.4 Å². The van der Waals surface area contributed by atoms with Gasteiger partial charge >= 0.3 is 0 Å². The molecular formula is C16H21NO4S2. The average Bonchev–Trinajstić information content (AvgIpc) is 3.03. The van der Waals surface area contributed by atoms with Crippen molar-refractivity contribution < 1.29 is 18.3 Å². The quantitative estimate of drug-likeness (QED) is 0.801. The molecule has 0 aliphatic heterocycles. The van der Waals surface area contributed by atoms with Gasteiger partial charge in [0, 0.05) is 11.4 Å². The first-order valence-electron chi connectivity index (χ1n) is 7.26. The summed E-state index contributed by atoms with van der Waals surface area (Å²) in [6.45, 7) is 5.69. The van der Waals surface area contributed by atoms with Gasteiger partial charge in [-0.15, -0.1) is 11.3 Å². The predicted molar refractivity (Wildman–Crippen MR) is 91.4 cm³/mol. The maximum Gasteiger partial charge on any atom is 0.240 e. The van der Waals surface area contributed by atoms with Crippen LogP contribution in [0.5, 0.6) is 5.75 Å². The van der Waals surface area contributed by atoms with Crippen LogP contribution in [0.1, 0.15) is 24.3 Å². The van der Waals surface area contributed by atoms with E-state index >= 15 is 0 Å². The lowest BCUT2D eigenvalue weighted by Gasteiger charge is -2.22. The molecule has 1 heterocycles. The zero-order chi connectivity index (χ0) is 17.1. The first-order chi connectivity index (χ1) is 10.8. The number of benzene rings is 1. The Balaban J connectivity index is 2.14. The van der Waals surface area contributed by atoms with Crippen molar-refractivity contribution in [3.63, 3.8) is 0 Å². The van der Waals surface area contributed by atoms with Crippen molar-refractivity contribution in [3.05, 3.63) is 46.2 Å². The van der Waals surface area contributed by atoms with E-state index in [1.807, 2.05) is 18.4 Å². The van der Waals surface area contributed by atoms with Gasteiger partial charge in [-0.1, -0.05) is 6.07 Å². The van der Waals surface area contributed by atoms with Crippen LogP contribution in [0, 0.1) is 6.92 Å². The molecule has 5 nitrogen and oxygen atoms in total. The van der Waals surface area contributed by atoms with E-state index in [4.69, 9.17) is 4.74 Å². The lowest BCUT2D eigenvalue weighted by Crippen LogP contribution is -2.38. The largest absolute Gasteiger partial charge is 0.494 e. The summed E-state index contributed by atoms with van der Waals surface area (Å²) in [7, 11) is -3.70. The highest BCUT2D eigenvalue weighted by atomic mass is 32.2. The molecule has 0 amide bonds. The van der Waals surface area contributed by atoms with Gasteiger partial charge in [0.15, 0.2) is 0 Å². The average molecular weight is 355 g/mol. The highest BCUT2D eigenvalue weighted by molar-refractivity contribution is 7.89. The van der Waals surface area contributed by atoms with Crippen molar-refractivity contribution in [2.75, 3.05) is 13.2 Å². The molecule has 0 saturated carbocycles. The van der Waals surface area contributed by atoms with Crippen molar-refractivity contribution in [1.29, 1.82) is 0 Å². The summed E-state index contributed by atoms with van der Waals surface area (Å²) in [5.41, 5.74) is -0.499. The summed E-state index contributed by atoms with van der Waals surface area (Å²) < 4.78 is 32.7. The van der Waals surface area contributed by atoms with Gasteiger partial charge in [-0.05, 0) is 56.0 Å². The van der Waals surface area contributed by atoms with Gasteiger partial charge in [-0.25, -0.2) is 13.1 Å². The number of aryl methyl sites for hydroxylation is 1. The zero-order valence-corrected chi connectivity index (χ0v) is 15.0. The monoisotopic (exact) mass is 355 g/mol. The summed E-state index contributed by atoms with van der Waals surface area (Å²) in [6, 6.07) is 8.30. The van der Waals surface area contributed by atoms with E-state index in [0.717, 1.165) is 5.56 Å². The number of sulfonamides is 1. The Morgan fingerprint density at radius 1 is 1.35 bits per heavy atom. The van der Waals surface area contributed by atoms with Crippen molar-refractivity contribution in [2.24, 2.45) is 0 Å².